The number of nitrogens with zero attached hydrogens (tertiary/aromatic N) is 2. The first-order chi connectivity index (χ1) is 8.69. The monoisotopic (exact) mass is 263 g/mol. The fourth-order valence-corrected chi connectivity index (χ4v) is 2.35. The van der Waals surface area contributed by atoms with Crippen LogP contribution in [0.5, 0.6) is 0 Å². The van der Waals surface area contributed by atoms with E-state index in [1.807, 2.05) is 39.0 Å². The van der Waals surface area contributed by atoms with E-state index in [4.69, 9.17) is 4.74 Å². The van der Waals surface area contributed by atoms with Gasteiger partial charge in [0.05, 0.1) is 16.3 Å². The Balaban J connectivity index is 2.18. The molecule has 2 aromatic rings. The molecule has 1 aromatic heterocycles. The van der Waals surface area contributed by atoms with E-state index >= 15 is 0 Å². The predicted molar refractivity (Wildman–Crippen MR) is 77.4 cm³/mol. The second kappa shape index (κ2) is 5.82. The second-order valence-corrected chi connectivity index (χ2v) is 5.09. The van der Waals surface area contributed by atoms with Gasteiger partial charge in [-0.15, -0.1) is 0 Å². The topological polar surface area (TPSA) is 46.5 Å². The highest BCUT2D eigenvalue weighted by atomic mass is 32.1. The lowest BCUT2D eigenvalue weighted by Crippen LogP contribution is -2.20. The normalized spacial score (nSPS) is 12.1. The number of rotatable bonds is 3. The zero-order valence-corrected chi connectivity index (χ0v) is 11.6. The van der Waals surface area contributed by atoms with Crippen molar-refractivity contribution in [3.63, 3.8) is 0 Å². The van der Waals surface area contributed by atoms with Crippen LogP contribution < -0.4 is 5.32 Å². The van der Waals surface area contributed by atoms with Crippen LogP contribution in [0.2, 0.25) is 0 Å². The molecule has 0 saturated carbocycles. The van der Waals surface area contributed by atoms with Crippen LogP contribution in [0, 0.1) is 0 Å². The van der Waals surface area contributed by atoms with Crippen LogP contribution >= 0.6 is 11.3 Å². The maximum absolute atomic E-state index is 5.60. The first-order valence-corrected chi connectivity index (χ1v) is 6.84. The van der Waals surface area contributed by atoms with Crippen molar-refractivity contribution in [1.82, 2.24) is 4.98 Å². The number of thiazole rings is 1. The molecule has 1 heterocycles. The summed E-state index contributed by atoms with van der Waals surface area (Å²) in [6, 6.07) is 8.58. The largest absolute Gasteiger partial charge is 0.462 e. The van der Waals surface area contributed by atoms with E-state index in [2.05, 4.69) is 21.4 Å². The van der Waals surface area contributed by atoms with Gasteiger partial charge >= 0.3 is 0 Å². The van der Waals surface area contributed by atoms with Crippen LogP contribution in [0.4, 0.5) is 5.13 Å². The molecule has 0 atom stereocenters. The molecule has 5 heteroatoms. The van der Waals surface area contributed by atoms with Gasteiger partial charge in [-0.3, -0.25) is 5.32 Å². The molecule has 1 aromatic carbocycles. The Labute approximate surface area is 111 Å². The second-order valence-electron chi connectivity index (χ2n) is 4.06. The summed E-state index contributed by atoms with van der Waals surface area (Å²) in [5, 5.41) is 3.95. The van der Waals surface area contributed by atoms with Gasteiger partial charge in [0.15, 0.2) is 5.13 Å². The zero-order valence-electron chi connectivity index (χ0n) is 10.8. The summed E-state index contributed by atoms with van der Waals surface area (Å²) >= 11 is 1.60. The fraction of sp³-hybridized carbons (Fsp3) is 0.385. The lowest BCUT2D eigenvalue weighted by Gasteiger charge is -2.11. The lowest BCUT2D eigenvalue weighted by molar-refractivity contribution is 0.227. The van der Waals surface area contributed by atoms with Crippen molar-refractivity contribution in [2.45, 2.75) is 26.9 Å². The molecule has 96 valence electrons. The fourth-order valence-electron chi connectivity index (χ4n) is 1.49. The minimum atomic E-state index is 0.0946. The molecule has 2 rings (SSSR count). The molecule has 0 spiro atoms. The van der Waals surface area contributed by atoms with Gasteiger partial charge in [0.1, 0.15) is 0 Å². The number of hydrogen-bond acceptors (Lipinski definition) is 4. The van der Waals surface area contributed by atoms with Crippen molar-refractivity contribution in [1.29, 1.82) is 0 Å². The molecule has 0 aliphatic heterocycles. The number of aromatic nitrogens is 1. The summed E-state index contributed by atoms with van der Waals surface area (Å²) < 4.78 is 6.75. The minimum absolute atomic E-state index is 0.0946. The molecule has 0 aliphatic carbocycles. The van der Waals surface area contributed by atoms with Gasteiger partial charge in [0, 0.05) is 6.54 Å². The molecular formula is C13H17N3OS. The summed E-state index contributed by atoms with van der Waals surface area (Å²) in [5.74, 6) is 0. The van der Waals surface area contributed by atoms with E-state index < -0.39 is 0 Å². The third-order valence-corrected chi connectivity index (χ3v) is 3.11. The Morgan fingerprint density at radius 3 is 2.89 bits per heavy atom. The van der Waals surface area contributed by atoms with Crippen molar-refractivity contribution in [2.24, 2.45) is 4.99 Å². The van der Waals surface area contributed by atoms with E-state index in [-0.39, 0.29) is 6.10 Å². The summed E-state index contributed by atoms with van der Waals surface area (Å²) in [5.41, 5.74) is 0.991. The van der Waals surface area contributed by atoms with Gasteiger partial charge in [-0.05, 0) is 32.9 Å². The average Bonchev–Trinajstić information content (AvgIpc) is 2.70. The number of benzene rings is 1. The maximum atomic E-state index is 5.60. The van der Waals surface area contributed by atoms with Crippen LogP contribution in [0.25, 0.3) is 10.2 Å². The van der Waals surface area contributed by atoms with Gasteiger partial charge in [0.2, 0.25) is 0 Å². The van der Waals surface area contributed by atoms with Crippen LogP contribution in [0.1, 0.15) is 20.8 Å². The van der Waals surface area contributed by atoms with Crippen molar-refractivity contribution in [3.05, 3.63) is 24.3 Å². The summed E-state index contributed by atoms with van der Waals surface area (Å²) in [6.45, 7) is 6.61. The quantitative estimate of drug-likeness (QED) is 0.681. The Bertz CT molecular complexity index is 515. The van der Waals surface area contributed by atoms with Gasteiger partial charge < -0.3 is 4.74 Å². The van der Waals surface area contributed by atoms with Crippen LogP contribution in [-0.4, -0.2) is 23.7 Å². The number of ether oxygens (including phenoxy) is 1. The number of fused-ring (bicyclic) bond motifs is 1. The van der Waals surface area contributed by atoms with Crippen LogP contribution in [-0.2, 0) is 4.74 Å². The molecule has 0 aliphatic rings. The number of hydrogen-bond donors (Lipinski definition) is 1. The SMILES string of the molecule is CCN=C(Nc1nc2ccccc2s1)OC(C)C. The van der Waals surface area contributed by atoms with Crippen LogP contribution in [0.3, 0.4) is 0 Å². The average molecular weight is 263 g/mol. The molecule has 18 heavy (non-hydrogen) atoms. The van der Waals surface area contributed by atoms with E-state index in [0.717, 1.165) is 15.3 Å². The highest BCUT2D eigenvalue weighted by molar-refractivity contribution is 7.22. The minimum Gasteiger partial charge on any atom is -0.462 e. The molecule has 0 amide bonds. The smallest absolute Gasteiger partial charge is 0.291 e. The van der Waals surface area contributed by atoms with Crippen molar-refractivity contribution >= 4 is 32.7 Å². The van der Waals surface area contributed by atoms with Gasteiger partial charge in [0.25, 0.3) is 6.02 Å². The standard InChI is InChI=1S/C13H17N3OS/c1-4-14-12(17-9(2)3)16-13-15-10-7-5-6-8-11(10)18-13/h5-9H,4H2,1-3H3,(H,14,15,16). The number of amidine groups is 1. The van der Waals surface area contributed by atoms with Crippen molar-refractivity contribution < 1.29 is 4.74 Å². The Morgan fingerprint density at radius 1 is 1.44 bits per heavy atom. The molecule has 0 unspecified atom stereocenters. The summed E-state index contributed by atoms with van der Waals surface area (Å²) in [6.07, 6.45) is 0.0946. The Morgan fingerprint density at radius 2 is 2.22 bits per heavy atom. The number of para-hydroxylation sites is 1. The molecule has 0 radical (unpaired) electrons. The van der Waals surface area contributed by atoms with Gasteiger partial charge in [-0.25, -0.2) is 9.98 Å². The summed E-state index contributed by atoms with van der Waals surface area (Å²) in [4.78, 5) is 8.77. The number of aliphatic imine (C=N–C) groups is 1. The highest BCUT2D eigenvalue weighted by Gasteiger charge is 2.08. The molecular weight excluding hydrogens is 246 g/mol. The highest BCUT2D eigenvalue weighted by Crippen LogP contribution is 2.25. The van der Waals surface area contributed by atoms with E-state index in [1.54, 1.807) is 11.3 Å². The van der Waals surface area contributed by atoms with Gasteiger partial charge in [-0.1, -0.05) is 23.5 Å². The molecule has 0 saturated heterocycles. The zero-order chi connectivity index (χ0) is 13.0. The molecule has 0 fully saturated rings. The summed E-state index contributed by atoms with van der Waals surface area (Å²) in [7, 11) is 0. The maximum Gasteiger partial charge on any atom is 0.291 e. The predicted octanol–water partition coefficient (Wildman–Crippen LogP) is 3.51. The molecule has 1 N–H and O–H groups in total. The van der Waals surface area contributed by atoms with E-state index in [1.165, 1.54) is 0 Å². The molecule has 4 nitrogen and oxygen atoms in total. The van der Waals surface area contributed by atoms with E-state index in [9.17, 15) is 0 Å². The first-order valence-electron chi connectivity index (χ1n) is 6.02. The Hall–Kier alpha value is -1.62. The third kappa shape index (κ3) is 3.20. The number of nitrogens with one attached hydrogen (secondary N) is 1. The van der Waals surface area contributed by atoms with Crippen molar-refractivity contribution in [2.75, 3.05) is 11.9 Å². The van der Waals surface area contributed by atoms with E-state index in [0.29, 0.717) is 12.6 Å². The van der Waals surface area contributed by atoms with Crippen molar-refractivity contribution in [3.8, 4) is 0 Å². The van der Waals surface area contributed by atoms with Gasteiger partial charge in [-0.2, -0.15) is 0 Å². The van der Waals surface area contributed by atoms with Crippen LogP contribution in [0.15, 0.2) is 29.3 Å². The third-order valence-electron chi connectivity index (χ3n) is 2.16. The lowest BCUT2D eigenvalue weighted by atomic mass is 10.3. The Kier molecular flexibility index (Phi) is 4.15. The first kappa shape index (κ1) is 12.8. The molecule has 0 bridgehead atoms. The number of anilines is 1.